The van der Waals surface area contributed by atoms with Crippen LogP contribution in [-0.4, -0.2) is 10.2 Å². The van der Waals surface area contributed by atoms with Gasteiger partial charge < -0.3 is 10.2 Å². The van der Waals surface area contributed by atoms with Crippen LogP contribution in [0.4, 0.5) is 0 Å². The predicted molar refractivity (Wildman–Crippen MR) is 97.7 cm³/mol. The number of aromatic hydroxyl groups is 2. The lowest BCUT2D eigenvalue weighted by Gasteiger charge is -2.17. The molecule has 2 N–H and O–H groups in total. The van der Waals surface area contributed by atoms with Crippen LogP contribution in [0.1, 0.15) is 47.9 Å². The Labute approximate surface area is 143 Å². The Morgan fingerprint density at radius 3 is 1.29 bits per heavy atom. The van der Waals surface area contributed by atoms with E-state index in [1.807, 2.05) is 24.3 Å². The lowest BCUT2D eigenvalue weighted by molar-refractivity contribution is 0.474. The van der Waals surface area contributed by atoms with Gasteiger partial charge in [0.1, 0.15) is 11.5 Å². The third-order valence-corrected chi connectivity index (χ3v) is 4.70. The highest BCUT2D eigenvalue weighted by atomic mass is 16.3. The quantitative estimate of drug-likeness (QED) is 0.676. The highest BCUT2D eigenvalue weighted by molar-refractivity contribution is 5.40. The van der Waals surface area contributed by atoms with Crippen LogP contribution in [-0.2, 0) is 0 Å². The first-order chi connectivity index (χ1) is 11.5. The first-order valence-corrected chi connectivity index (χ1v) is 8.22. The van der Waals surface area contributed by atoms with Crippen molar-refractivity contribution in [2.24, 2.45) is 0 Å². The van der Waals surface area contributed by atoms with Crippen molar-refractivity contribution < 1.29 is 10.2 Å². The third-order valence-electron chi connectivity index (χ3n) is 4.70. The zero-order chi connectivity index (χ0) is 17.1. The minimum absolute atomic E-state index is 0.262. The Bertz CT molecular complexity index is 737. The van der Waals surface area contributed by atoms with Gasteiger partial charge in [0.05, 0.1) is 0 Å². The molecule has 3 aromatic carbocycles. The van der Waals surface area contributed by atoms with Gasteiger partial charge in [-0.1, -0.05) is 62.4 Å². The average molecular weight is 318 g/mol. The van der Waals surface area contributed by atoms with Gasteiger partial charge >= 0.3 is 0 Å². The maximum atomic E-state index is 9.45. The Morgan fingerprint density at radius 2 is 0.917 bits per heavy atom. The van der Waals surface area contributed by atoms with Crippen LogP contribution in [0.3, 0.4) is 0 Å². The summed E-state index contributed by atoms with van der Waals surface area (Å²) in [7, 11) is 0. The molecule has 2 nitrogen and oxygen atoms in total. The van der Waals surface area contributed by atoms with Gasteiger partial charge in [-0.2, -0.15) is 0 Å². The molecular formula is C22H22O2. The molecule has 0 aromatic heterocycles. The fourth-order valence-corrected chi connectivity index (χ4v) is 3.01. The number of hydrogen-bond acceptors (Lipinski definition) is 2. The van der Waals surface area contributed by atoms with Crippen LogP contribution in [0.25, 0.3) is 0 Å². The molecule has 0 heterocycles. The number of benzene rings is 3. The molecule has 0 saturated heterocycles. The molecule has 0 aliphatic carbocycles. The lowest BCUT2D eigenvalue weighted by Crippen LogP contribution is -2.00. The molecule has 3 rings (SSSR count). The lowest BCUT2D eigenvalue weighted by atomic mass is 9.87. The van der Waals surface area contributed by atoms with E-state index in [1.54, 1.807) is 24.3 Å². The molecule has 0 radical (unpaired) electrons. The Hall–Kier alpha value is -2.74. The normalized spacial score (nSPS) is 13.4. The fraction of sp³-hybridized carbons (Fsp3) is 0.182. The molecular weight excluding hydrogens is 296 g/mol. The van der Waals surface area contributed by atoms with Crippen LogP contribution in [0.5, 0.6) is 11.5 Å². The van der Waals surface area contributed by atoms with Crippen molar-refractivity contribution in [3.05, 3.63) is 95.1 Å². The molecule has 0 bridgehead atoms. The molecule has 0 saturated carbocycles. The smallest absolute Gasteiger partial charge is 0.115 e. The van der Waals surface area contributed by atoms with Gasteiger partial charge in [0.25, 0.3) is 0 Å². The number of phenolic OH excluding ortho intramolecular Hbond substituents is 2. The van der Waals surface area contributed by atoms with Crippen molar-refractivity contribution in [2.75, 3.05) is 0 Å². The van der Waals surface area contributed by atoms with E-state index < -0.39 is 0 Å². The molecule has 3 aromatic rings. The molecule has 2 unspecified atom stereocenters. The Kier molecular flexibility index (Phi) is 4.57. The number of rotatable bonds is 4. The molecule has 0 aliphatic rings. The predicted octanol–water partition coefficient (Wildman–Crippen LogP) is 5.40. The van der Waals surface area contributed by atoms with E-state index in [1.165, 1.54) is 22.3 Å². The highest BCUT2D eigenvalue weighted by Crippen LogP contribution is 2.30. The third kappa shape index (κ3) is 3.43. The summed E-state index contributed by atoms with van der Waals surface area (Å²) in [5.41, 5.74) is 4.87. The van der Waals surface area contributed by atoms with Crippen LogP contribution in [0.2, 0.25) is 0 Å². The SMILES string of the molecule is CC(c1ccc(O)cc1)c1cccc(C(C)c2ccc(O)cc2)c1. The van der Waals surface area contributed by atoms with Crippen LogP contribution >= 0.6 is 0 Å². The first kappa shape index (κ1) is 16.1. The van der Waals surface area contributed by atoms with E-state index in [2.05, 4.69) is 38.1 Å². The van der Waals surface area contributed by atoms with Crippen LogP contribution in [0, 0.1) is 0 Å². The van der Waals surface area contributed by atoms with E-state index in [4.69, 9.17) is 0 Å². The van der Waals surface area contributed by atoms with Crippen molar-refractivity contribution in [3.63, 3.8) is 0 Å². The second-order valence-corrected chi connectivity index (χ2v) is 6.30. The van der Waals surface area contributed by atoms with E-state index in [0.29, 0.717) is 11.5 Å². The molecule has 0 fully saturated rings. The van der Waals surface area contributed by atoms with Crippen molar-refractivity contribution in [2.45, 2.75) is 25.7 Å². The summed E-state index contributed by atoms with van der Waals surface area (Å²) >= 11 is 0. The molecule has 2 atom stereocenters. The van der Waals surface area contributed by atoms with Gasteiger partial charge in [0, 0.05) is 11.8 Å². The maximum absolute atomic E-state index is 9.45. The second-order valence-electron chi connectivity index (χ2n) is 6.30. The topological polar surface area (TPSA) is 40.5 Å². The van der Waals surface area contributed by atoms with Crippen molar-refractivity contribution in [1.29, 1.82) is 0 Å². The second kappa shape index (κ2) is 6.79. The summed E-state index contributed by atoms with van der Waals surface area (Å²) in [6, 6.07) is 23.4. The first-order valence-electron chi connectivity index (χ1n) is 8.22. The number of hydrogen-bond donors (Lipinski definition) is 2. The van der Waals surface area contributed by atoms with E-state index in [9.17, 15) is 10.2 Å². The van der Waals surface area contributed by atoms with E-state index in [-0.39, 0.29) is 11.8 Å². The minimum atomic E-state index is 0.262. The summed E-state index contributed by atoms with van der Waals surface area (Å²) < 4.78 is 0. The standard InChI is InChI=1S/C22H22O2/c1-15(17-6-10-21(23)11-7-17)19-4-3-5-20(14-19)16(2)18-8-12-22(24)13-9-18/h3-16,23-24H,1-2H3. The van der Waals surface area contributed by atoms with Gasteiger partial charge in [-0.25, -0.2) is 0 Å². The highest BCUT2D eigenvalue weighted by Gasteiger charge is 2.13. The molecule has 0 spiro atoms. The van der Waals surface area contributed by atoms with Gasteiger partial charge in [0.15, 0.2) is 0 Å². The van der Waals surface area contributed by atoms with Gasteiger partial charge in [-0.05, 0) is 46.5 Å². The van der Waals surface area contributed by atoms with Crippen molar-refractivity contribution >= 4 is 0 Å². The fourth-order valence-electron chi connectivity index (χ4n) is 3.01. The maximum Gasteiger partial charge on any atom is 0.115 e. The van der Waals surface area contributed by atoms with Crippen molar-refractivity contribution in [1.82, 2.24) is 0 Å². The van der Waals surface area contributed by atoms with E-state index in [0.717, 1.165) is 0 Å². The molecule has 2 heteroatoms. The zero-order valence-corrected chi connectivity index (χ0v) is 14.0. The summed E-state index contributed by atoms with van der Waals surface area (Å²) in [5.74, 6) is 1.11. The summed E-state index contributed by atoms with van der Waals surface area (Å²) in [6.45, 7) is 4.35. The molecule has 0 aliphatic heterocycles. The van der Waals surface area contributed by atoms with Gasteiger partial charge in [0.2, 0.25) is 0 Å². The van der Waals surface area contributed by atoms with Crippen molar-refractivity contribution in [3.8, 4) is 11.5 Å². The molecule has 122 valence electrons. The monoisotopic (exact) mass is 318 g/mol. The van der Waals surface area contributed by atoms with Gasteiger partial charge in [-0.15, -0.1) is 0 Å². The van der Waals surface area contributed by atoms with Crippen LogP contribution < -0.4 is 0 Å². The molecule has 0 amide bonds. The minimum Gasteiger partial charge on any atom is -0.508 e. The number of phenols is 2. The van der Waals surface area contributed by atoms with Crippen LogP contribution in [0.15, 0.2) is 72.8 Å². The summed E-state index contributed by atoms with van der Waals surface area (Å²) in [4.78, 5) is 0. The Balaban J connectivity index is 1.88. The Morgan fingerprint density at radius 1 is 0.542 bits per heavy atom. The average Bonchev–Trinajstić information content (AvgIpc) is 2.62. The van der Waals surface area contributed by atoms with E-state index >= 15 is 0 Å². The molecule has 24 heavy (non-hydrogen) atoms. The summed E-state index contributed by atoms with van der Waals surface area (Å²) in [6.07, 6.45) is 0. The summed E-state index contributed by atoms with van der Waals surface area (Å²) in [5, 5.41) is 18.9. The zero-order valence-electron chi connectivity index (χ0n) is 14.0. The van der Waals surface area contributed by atoms with Gasteiger partial charge in [-0.3, -0.25) is 0 Å². The largest absolute Gasteiger partial charge is 0.508 e.